The number of aliphatic hydroxyl groups excluding tert-OH is 1. The Labute approximate surface area is 181 Å². The van der Waals surface area contributed by atoms with Gasteiger partial charge in [0.2, 0.25) is 0 Å². The fourth-order valence-electron chi connectivity index (χ4n) is 2.65. The Bertz CT molecular complexity index is 906. The molecule has 2 aromatic rings. The van der Waals surface area contributed by atoms with Gasteiger partial charge in [0.15, 0.2) is 11.4 Å². The van der Waals surface area contributed by atoms with Crippen LogP contribution in [-0.4, -0.2) is 46.7 Å². The van der Waals surface area contributed by atoms with Gasteiger partial charge in [0, 0.05) is 18.7 Å². The predicted octanol–water partition coefficient (Wildman–Crippen LogP) is 1.73. The first-order chi connectivity index (χ1) is 14.7. The average molecular weight is 426 g/mol. The van der Waals surface area contributed by atoms with Crippen molar-refractivity contribution in [1.29, 1.82) is 5.41 Å². The van der Waals surface area contributed by atoms with Crippen molar-refractivity contribution in [2.75, 3.05) is 13.2 Å². The summed E-state index contributed by atoms with van der Waals surface area (Å²) in [6.07, 6.45) is 0.720. The molecular weight excluding hydrogens is 398 g/mol. The molecular formula is C23H28N3O5-. The second-order valence-electron chi connectivity index (χ2n) is 7.51. The monoisotopic (exact) mass is 426 g/mol. The molecule has 0 atom stereocenters. The molecule has 0 aliphatic heterocycles. The molecule has 0 aliphatic rings. The number of carboxylic acid groups (broad SMARTS) is 1. The standard InChI is InChI=1S/C23H29N3O5/c1-23(2,22(29)30)31-19-9-5-16(6-10-19)11-13-25-15-17-3-7-18(8-4-17)21(24)26-20(28)12-14-27/h3-10,25,27H,11-15H2,1-2H3,(H,29,30)(H2,24,26,28)/p-1. The molecule has 0 unspecified atom stereocenters. The average Bonchev–Trinajstić information content (AvgIpc) is 2.72. The van der Waals surface area contributed by atoms with Crippen LogP contribution < -0.4 is 15.2 Å². The zero-order valence-corrected chi connectivity index (χ0v) is 17.7. The van der Waals surface area contributed by atoms with Gasteiger partial charge in [-0.3, -0.25) is 5.41 Å². The summed E-state index contributed by atoms with van der Waals surface area (Å²) in [5.74, 6) is -1.13. The maximum Gasteiger partial charge on any atom is 0.347 e. The largest absolute Gasteiger partial charge is 0.862 e. The van der Waals surface area contributed by atoms with E-state index in [9.17, 15) is 9.90 Å². The Kier molecular flexibility index (Phi) is 8.72. The highest BCUT2D eigenvalue weighted by atomic mass is 16.5. The molecule has 0 bridgehead atoms. The molecule has 166 valence electrons. The molecule has 8 heteroatoms. The van der Waals surface area contributed by atoms with Crippen LogP contribution in [0, 0.1) is 5.41 Å². The molecule has 0 aromatic heterocycles. The van der Waals surface area contributed by atoms with Crippen molar-refractivity contribution in [3.8, 4) is 5.75 Å². The molecule has 0 amide bonds. The number of nitrogens with one attached hydrogen (secondary N) is 2. The summed E-state index contributed by atoms with van der Waals surface area (Å²) in [6.45, 7) is 4.15. The molecule has 0 radical (unpaired) electrons. The summed E-state index contributed by atoms with van der Waals surface area (Å²) in [7, 11) is 0. The molecule has 8 nitrogen and oxygen atoms in total. The minimum absolute atomic E-state index is 0.0829. The lowest BCUT2D eigenvalue weighted by atomic mass is 10.1. The quantitative estimate of drug-likeness (QED) is 0.245. The van der Waals surface area contributed by atoms with Crippen LogP contribution in [0.15, 0.2) is 53.5 Å². The number of benzene rings is 2. The number of aliphatic imine (C=N–C) groups is 1. The number of amidine groups is 1. The van der Waals surface area contributed by atoms with Crippen LogP contribution in [-0.2, 0) is 17.8 Å². The zero-order chi connectivity index (χ0) is 22.9. The van der Waals surface area contributed by atoms with E-state index >= 15 is 0 Å². The van der Waals surface area contributed by atoms with Gasteiger partial charge < -0.3 is 25.4 Å². The van der Waals surface area contributed by atoms with Gasteiger partial charge in [-0.15, -0.1) is 0 Å². The van der Waals surface area contributed by atoms with Crippen LogP contribution in [0.2, 0.25) is 0 Å². The van der Waals surface area contributed by atoms with Crippen molar-refractivity contribution in [2.45, 2.75) is 38.8 Å². The Morgan fingerprint density at radius 3 is 2.32 bits per heavy atom. The molecule has 0 fully saturated rings. The normalized spacial score (nSPS) is 11.9. The molecule has 0 heterocycles. The van der Waals surface area contributed by atoms with E-state index < -0.39 is 17.5 Å². The van der Waals surface area contributed by atoms with E-state index in [0.29, 0.717) is 17.9 Å². The maximum atomic E-state index is 11.4. The lowest BCUT2D eigenvalue weighted by Crippen LogP contribution is -2.37. The first-order valence-corrected chi connectivity index (χ1v) is 9.96. The second-order valence-corrected chi connectivity index (χ2v) is 7.51. The van der Waals surface area contributed by atoms with Gasteiger partial charge in [0.05, 0.1) is 0 Å². The number of aliphatic hydroxyl groups is 1. The summed E-state index contributed by atoms with van der Waals surface area (Å²) < 4.78 is 5.49. The molecule has 0 spiro atoms. The van der Waals surface area contributed by atoms with Gasteiger partial charge >= 0.3 is 5.97 Å². The van der Waals surface area contributed by atoms with E-state index in [0.717, 1.165) is 24.1 Å². The number of carboxylic acids is 1. The lowest BCUT2D eigenvalue weighted by Gasteiger charge is -2.21. The lowest BCUT2D eigenvalue weighted by molar-refractivity contribution is -0.218. The SMILES string of the molecule is CC(C)(Oc1ccc(CCNCc2ccc(C(=N)N=C([O-])CCO)cc2)cc1)C(=O)O. The maximum absolute atomic E-state index is 11.4. The van der Waals surface area contributed by atoms with Gasteiger partial charge in [0.25, 0.3) is 0 Å². The first-order valence-electron chi connectivity index (χ1n) is 9.96. The number of carbonyl (C=O) groups is 1. The molecule has 0 aliphatic carbocycles. The molecule has 31 heavy (non-hydrogen) atoms. The third-order valence-electron chi connectivity index (χ3n) is 4.52. The van der Waals surface area contributed by atoms with Crippen LogP contribution in [0.3, 0.4) is 0 Å². The Morgan fingerprint density at radius 2 is 1.74 bits per heavy atom. The molecule has 2 aromatic carbocycles. The Hall–Kier alpha value is -3.23. The molecule has 4 N–H and O–H groups in total. The molecule has 0 saturated carbocycles. The fourth-order valence-corrected chi connectivity index (χ4v) is 2.65. The summed E-state index contributed by atoms with van der Waals surface area (Å²) >= 11 is 0. The topological polar surface area (TPSA) is 138 Å². The van der Waals surface area contributed by atoms with Crippen LogP contribution in [0.1, 0.15) is 37.0 Å². The minimum Gasteiger partial charge on any atom is -0.862 e. The highest BCUT2D eigenvalue weighted by Gasteiger charge is 2.29. The van der Waals surface area contributed by atoms with Crippen LogP contribution in [0.5, 0.6) is 5.75 Å². The fraction of sp³-hybridized carbons (Fsp3) is 0.348. The van der Waals surface area contributed by atoms with Crippen LogP contribution in [0.4, 0.5) is 0 Å². The number of hydrogen-bond donors (Lipinski definition) is 4. The van der Waals surface area contributed by atoms with Crippen LogP contribution in [0.25, 0.3) is 0 Å². The van der Waals surface area contributed by atoms with Gasteiger partial charge in [-0.25, -0.2) is 9.79 Å². The Balaban J connectivity index is 1.78. The van der Waals surface area contributed by atoms with Crippen LogP contribution >= 0.6 is 0 Å². The highest BCUT2D eigenvalue weighted by molar-refractivity contribution is 6.02. The summed E-state index contributed by atoms with van der Waals surface area (Å²) in [4.78, 5) is 14.8. The van der Waals surface area contributed by atoms with Crippen molar-refractivity contribution in [2.24, 2.45) is 4.99 Å². The van der Waals surface area contributed by atoms with Crippen molar-refractivity contribution in [1.82, 2.24) is 5.32 Å². The number of rotatable bonds is 11. The number of ether oxygens (including phenoxy) is 1. The first kappa shape index (κ1) is 24.0. The van der Waals surface area contributed by atoms with Crippen molar-refractivity contribution in [3.05, 3.63) is 65.2 Å². The molecule has 2 rings (SSSR count). The van der Waals surface area contributed by atoms with E-state index in [1.807, 2.05) is 24.3 Å². The van der Waals surface area contributed by atoms with Gasteiger partial charge in [-0.1, -0.05) is 36.4 Å². The minimum atomic E-state index is -1.28. The van der Waals surface area contributed by atoms with E-state index in [-0.39, 0.29) is 18.9 Å². The van der Waals surface area contributed by atoms with E-state index in [1.165, 1.54) is 13.8 Å². The zero-order valence-electron chi connectivity index (χ0n) is 17.7. The third-order valence-corrected chi connectivity index (χ3v) is 4.52. The molecule has 0 saturated heterocycles. The Morgan fingerprint density at radius 1 is 1.13 bits per heavy atom. The van der Waals surface area contributed by atoms with Crippen molar-refractivity contribution in [3.63, 3.8) is 0 Å². The second kappa shape index (κ2) is 11.2. The summed E-state index contributed by atoms with van der Waals surface area (Å²) in [5, 5.41) is 40.4. The van der Waals surface area contributed by atoms with Gasteiger partial charge in [-0.2, -0.15) is 0 Å². The van der Waals surface area contributed by atoms with Gasteiger partial charge in [-0.05, 0) is 62.4 Å². The highest BCUT2D eigenvalue weighted by Crippen LogP contribution is 2.19. The number of aliphatic carboxylic acids is 1. The van der Waals surface area contributed by atoms with Gasteiger partial charge in [0.1, 0.15) is 5.75 Å². The third kappa shape index (κ3) is 7.84. The van der Waals surface area contributed by atoms with Crippen molar-refractivity contribution < 1.29 is 24.9 Å². The number of hydrogen-bond acceptors (Lipinski definition) is 6. The predicted molar refractivity (Wildman–Crippen MR) is 117 cm³/mol. The van der Waals surface area contributed by atoms with E-state index in [1.54, 1.807) is 24.3 Å². The van der Waals surface area contributed by atoms with E-state index in [2.05, 4.69) is 10.3 Å². The summed E-state index contributed by atoms with van der Waals surface area (Å²) in [6, 6.07) is 14.6. The summed E-state index contributed by atoms with van der Waals surface area (Å²) in [5.41, 5.74) is 1.41. The number of nitrogens with zero attached hydrogens (tertiary/aromatic N) is 1. The smallest absolute Gasteiger partial charge is 0.347 e. The van der Waals surface area contributed by atoms with E-state index in [4.69, 9.17) is 20.4 Å². The van der Waals surface area contributed by atoms with Crippen molar-refractivity contribution >= 4 is 17.7 Å².